The quantitative estimate of drug-likeness (QED) is 0.853. The molecular formula is C16H18BrNO3S. The Kier molecular flexibility index (Phi) is 5.26. The topological polar surface area (TPSA) is 55.4 Å². The predicted octanol–water partition coefficient (Wildman–Crippen LogP) is 3.81. The molecule has 0 aromatic heterocycles. The monoisotopic (exact) mass is 383 g/mol. The van der Waals surface area contributed by atoms with Gasteiger partial charge in [0.05, 0.1) is 16.5 Å². The van der Waals surface area contributed by atoms with Crippen molar-refractivity contribution in [2.24, 2.45) is 0 Å². The Morgan fingerprint density at radius 3 is 2.45 bits per heavy atom. The van der Waals surface area contributed by atoms with E-state index in [-0.39, 0.29) is 10.9 Å². The van der Waals surface area contributed by atoms with Gasteiger partial charge in [-0.1, -0.05) is 24.3 Å². The molecule has 2 rings (SSSR count). The van der Waals surface area contributed by atoms with Crippen molar-refractivity contribution in [2.45, 2.75) is 24.8 Å². The van der Waals surface area contributed by atoms with Gasteiger partial charge in [0, 0.05) is 6.04 Å². The Morgan fingerprint density at radius 1 is 1.18 bits per heavy atom. The molecule has 22 heavy (non-hydrogen) atoms. The SMILES string of the molecule is COc1ccc(S(=O)(=O)NC(C)c2ccccc2C)cc1Br. The molecule has 0 saturated heterocycles. The lowest BCUT2D eigenvalue weighted by molar-refractivity contribution is 0.411. The number of hydrogen-bond acceptors (Lipinski definition) is 3. The molecule has 4 nitrogen and oxygen atoms in total. The molecule has 0 aliphatic rings. The number of rotatable bonds is 5. The lowest BCUT2D eigenvalue weighted by atomic mass is 10.0. The molecular weight excluding hydrogens is 366 g/mol. The van der Waals surface area contributed by atoms with Gasteiger partial charge in [0.2, 0.25) is 10.0 Å². The third-order valence-electron chi connectivity index (χ3n) is 3.42. The van der Waals surface area contributed by atoms with Crippen molar-refractivity contribution in [1.82, 2.24) is 4.72 Å². The van der Waals surface area contributed by atoms with E-state index in [9.17, 15) is 8.42 Å². The first-order valence-electron chi connectivity index (χ1n) is 6.76. The first-order chi connectivity index (χ1) is 10.3. The summed E-state index contributed by atoms with van der Waals surface area (Å²) in [6.07, 6.45) is 0. The fraction of sp³-hybridized carbons (Fsp3) is 0.250. The van der Waals surface area contributed by atoms with Gasteiger partial charge in [-0.15, -0.1) is 0 Å². The first kappa shape index (κ1) is 17.0. The average Bonchev–Trinajstić information content (AvgIpc) is 2.47. The summed E-state index contributed by atoms with van der Waals surface area (Å²) < 4.78 is 33.4. The maximum absolute atomic E-state index is 12.5. The average molecular weight is 384 g/mol. The van der Waals surface area contributed by atoms with Crippen molar-refractivity contribution in [3.8, 4) is 5.75 Å². The Morgan fingerprint density at radius 2 is 1.86 bits per heavy atom. The van der Waals surface area contributed by atoms with Crippen molar-refractivity contribution in [3.63, 3.8) is 0 Å². The van der Waals surface area contributed by atoms with Crippen LogP contribution in [0.2, 0.25) is 0 Å². The summed E-state index contributed by atoms with van der Waals surface area (Å²) in [5, 5.41) is 0. The van der Waals surface area contributed by atoms with Crippen LogP contribution in [-0.2, 0) is 10.0 Å². The minimum Gasteiger partial charge on any atom is -0.496 e. The molecule has 0 spiro atoms. The van der Waals surface area contributed by atoms with E-state index in [1.165, 1.54) is 19.2 Å². The predicted molar refractivity (Wildman–Crippen MR) is 90.6 cm³/mol. The van der Waals surface area contributed by atoms with Crippen molar-refractivity contribution < 1.29 is 13.2 Å². The Balaban J connectivity index is 2.28. The van der Waals surface area contributed by atoms with Crippen molar-refractivity contribution in [2.75, 3.05) is 7.11 Å². The molecule has 1 unspecified atom stereocenters. The van der Waals surface area contributed by atoms with Gasteiger partial charge in [0.15, 0.2) is 0 Å². The fourth-order valence-electron chi connectivity index (χ4n) is 2.25. The zero-order valence-corrected chi connectivity index (χ0v) is 15.0. The van der Waals surface area contributed by atoms with Gasteiger partial charge < -0.3 is 4.74 Å². The zero-order valence-electron chi connectivity index (χ0n) is 12.6. The standard InChI is InChI=1S/C16H18BrNO3S/c1-11-6-4-5-7-14(11)12(2)18-22(19,20)13-8-9-16(21-3)15(17)10-13/h4-10,12,18H,1-3H3. The van der Waals surface area contributed by atoms with E-state index in [0.717, 1.165) is 11.1 Å². The summed E-state index contributed by atoms with van der Waals surface area (Å²) in [6, 6.07) is 12.1. The summed E-state index contributed by atoms with van der Waals surface area (Å²) in [4.78, 5) is 0.195. The highest BCUT2D eigenvalue weighted by Crippen LogP contribution is 2.28. The molecule has 0 radical (unpaired) electrons. The highest BCUT2D eigenvalue weighted by molar-refractivity contribution is 9.10. The van der Waals surface area contributed by atoms with Crippen LogP contribution < -0.4 is 9.46 Å². The molecule has 118 valence electrons. The number of halogens is 1. The molecule has 0 fully saturated rings. The van der Waals surface area contributed by atoms with E-state index >= 15 is 0 Å². The van der Waals surface area contributed by atoms with Crippen LogP contribution in [0, 0.1) is 6.92 Å². The van der Waals surface area contributed by atoms with Crippen molar-refractivity contribution >= 4 is 26.0 Å². The number of aryl methyl sites for hydroxylation is 1. The van der Waals surface area contributed by atoms with Gasteiger partial charge >= 0.3 is 0 Å². The Hall–Kier alpha value is -1.37. The van der Waals surface area contributed by atoms with Gasteiger partial charge in [-0.2, -0.15) is 0 Å². The maximum atomic E-state index is 12.5. The first-order valence-corrected chi connectivity index (χ1v) is 9.04. The number of hydrogen-bond donors (Lipinski definition) is 1. The van der Waals surface area contributed by atoms with Crippen LogP contribution in [0.15, 0.2) is 51.8 Å². The van der Waals surface area contributed by atoms with Gasteiger partial charge in [0.25, 0.3) is 0 Å². The van der Waals surface area contributed by atoms with Gasteiger partial charge in [-0.05, 0) is 59.1 Å². The van der Waals surface area contributed by atoms with Gasteiger partial charge in [-0.3, -0.25) is 0 Å². The van der Waals surface area contributed by atoms with Crippen LogP contribution in [0.25, 0.3) is 0 Å². The molecule has 0 aliphatic carbocycles. The number of benzene rings is 2. The minimum absolute atomic E-state index is 0.195. The molecule has 1 N–H and O–H groups in total. The van der Waals surface area contributed by atoms with Crippen LogP contribution in [0.1, 0.15) is 24.1 Å². The number of methoxy groups -OCH3 is 1. The minimum atomic E-state index is -3.61. The van der Waals surface area contributed by atoms with E-state index < -0.39 is 10.0 Å². The fourth-order valence-corrected chi connectivity index (χ4v) is 4.19. The Bertz CT molecular complexity index is 775. The van der Waals surface area contributed by atoms with Crippen molar-refractivity contribution in [1.29, 1.82) is 0 Å². The highest BCUT2D eigenvalue weighted by Gasteiger charge is 2.20. The lowest BCUT2D eigenvalue weighted by Gasteiger charge is -2.17. The molecule has 1 atom stereocenters. The zero-order chi connectivity index (χ0) is 16.3. The molecule has 0 aliphatic heterocycles. The Labute approximate surface area is 139 Å². The smallest absolute Gasteiger partial charge is 0.241 e. The number of sulfonamides is 1. The number of nitrogens with one attached hydrogen (secondary N) is 1. The highest BCUT2D eigenvalue weighted by atomic mass is 79.9. The van der Waals surface area contributed by atoms with Crippen LogP contribution in [0.3, 0.4) is 0 Å². The van der Waals surface area contributed by atoms with E-state index in [1.807, 2.05) is 38.1 Å². The normalized spacial score (nSPS) is 12.9. The van der Waals surface area contributed by atoms with Crippen LogP contribution in [-0.4, -0.2) is 15.5 Å². The molecule has 0 amide bonds. The van der Waals surface area contributed by atoms with E-state index in [2.05, 4.69) is 20.7 Å². The molecule has 2 aromatic rings. The molecule has 0 saturated carbocycles. The second-order valence-electron chi connectivity index (χ2n) is 5.00. The summed E-state index contributed by atoms with van der Waals surface area (Å²) >= 11 is 3.31. The molecule has 0 bridgehead atoms. The van der Waals surface area contributed by atoms with E-state index in [4.69, 9.17) is 4.74 Å². The number of ether oxygens (including phenoxy) is 1. The lowest BCUT2D eigenvalue weighted by Crippen LogP contribution is -2.27. The molecule has 2 aromatic carbocycles. The summed E-state index contributed by atoms with van der Waals surface area (Å²) in [5.74, 6) is 0.589. The second kappa shape index (κ2) is 6.81. The third-order valence-corrected chi connectivity index (χ3v) is 5.58. The summed E-state index contributed by atoms with van der Waals surface area (Å²) in [5.41, 5.74) is 2.01. The third kappa shape index (κ3) is 3.69. The van der Waals surface area contributed by atoms with Crippen LogP contribution in [0.5, 0.6) is 5.75 Å². The maximum Gasteiger partial charge on any atom is 0.241 e. The van der Waals surface area contributed by atoms with E-state index in [0.29, 0.717) is 10.2 Å². The second-order valence-corrected chi connectivity index (χ2v) is 7.56. The van der Waals surface area contributed by atoms with Crippen LogP contribution >= 0.6 is 15.9 Å². The molecule has 0 heterocycles. The molecule has 6 heteroatoms. The van der Waals surface area contributed by atoms with Crippen LogP contribution in [0.4, 0.5) is 0 Å². The van der Waals surface area contributed by atoms with Gasteiger partial charge in [0.1, 0.15) is 5.75 Å². The summed E-state index contributed by atoms with van der Waals surface area (Å²) in [7, 11) is -2.07. The van der Waals surface area contributed by atoms with Gasteiger partial charge in [-0.25, -0.2) is 13.1 Å². The largest absolute Gasteiger partial charge is 0.496 e. The summed E-state index contributed by atoms with van der Waals surface area (Å²) in [6.45, 7) is 3.79. The van der Waals surface area contributed by atoms with E-state index in [1.54, 1.807) is 6.07 Å². The van der Waals surface area contributed by atoms with Crippen molar-refractivity contribution in [3.05, 3.63) is 58.1 Å².